The van der Waals surface area contributed by atoms with Crippen molar-refractivity contribution in [2.75, 3.05) is 7.11 Å². The number of benzene rings is 1. The van der Waals surface area contributed by atoms with E-state index in [2.05, 4.69) is 0 Å². The van der Waals surface area contributed by atoms with E-state index in [9.17, 15) is 14.9 Å². The molecule has 0 saturated heterocycles. The molecule has 1 N–H and O–H groups in total. The van der Waals surface area contributed by atoms with Gasteiger partial charge in [-0.3, -0.25) is 10.1 Å². The second-order valence-electron chi connectivity index (χ2n) is 3.23. The molecule has 7 heteroatoms. The summed E-state index contributed by atoms with van der Waals surface area (Å²) in [4.78, 5) is 21.1. The van der Waals surface area contributed by atoms with Crippen LogP contribution in [-0.4, -0.2) is 23.1 Å². The molecule has 1 aromatic carbocycles. The Hall–Kier alpha value is -2.15. The first-order chi connectivity index (χ1) is 8.02. The van der Waals surface area contributed by atoms with Gasteiger partial charge in [-0.25, -0.2) is 4.79 Å². The monoisotopic (exact) mass is 253 g/mol. The summed E-state index contributed by atoms with van der Waals surface area (Å²) >= 11 is 1.05. The molecule has 88 valence electrons. The van der Waals surface area contributed by atoms with Gasteiger partial charge in [0.2, 0.25) is 0 Å². The first kappa shape index (κ1) is 11.3. The van der Waals surface area contributed by atoms with Crippen LogP contribution in [0.15, 0.2) is 18.2 Å². The number of methoxy groups -OCH3 is 1. The fraction of sp³-hybridized carbons (Fsp3) is 0.100. The molecular weight excluding hydrogens is 246 g/mol. The highest BCUT2D eigenvalue weighted by atomic mass is 32.1. The maximum atomic E-state index is 10.8. The third kappa shape index (κ3) is 1.92. The first-order valence-electron chi connectivity index (χ1n) is 4.52. The maximum absolute atomic E-state index is 10.8. The van der Waals surface area contributed by atoms with E-state index in [1.54, 1.807) is 0 Å². The molecule has 0 radical (unpaired) electrons. The van der Waals surface area contributed by atoms with Gasteiger partial charge < -0.3 is 9.84 Å². The van der Waals surface area contributed by atoms with E-state index in [1.807, 2.05) is 0 Å². The Kier molecular flexibility index (Phi) is 2.68. The predicted octanol–water partition coefficient (Wildman–Crippen LogP) is 2.52. The van der Waals surface area contributed by atoms with Gasteiger partial charge in [0.05, 0.1) is 12.0 Å². The number of carbonyl (C=O) groups is 1. The molecule has 1 heterocycles. The predicted molar refractivity (Wildman–Crippen MR) is 62.0 cm³/mol. The molecule has 0 aliphatic heterocycles. The van der Waals surface area contributed by atoms with E-state index in [0.717, 1.165) is 11.3 Å². The molecule has 0 unspecified atom stereocenters. The van der Waals surface area contributed by atoms with Crippen LogP contribution in [0.5, 0.6) is 5.75 Å². The van der Waals surface area contributed by atoms with Gasteiger partial charge in [-0.15, -0.1) is 11.3 Å². The molecule has 0 spiro atoms. The molecule has 0 amide bonds. The molecule has 6 nitrogen and oxygen atoms in total. The number of aromatic carboxylic acids is 1. The lowest BCUT2D eigenvalue weighted by molar-refractivity contribution is -0.385. The van der Waals surface area contributed by atoms with Crippen molar-refractivity contribution in [2.24, 2.45) is 0 Å². The number of nitro benzene ring substituents is 1. The zero-order valence-corrected chi connectivity index (χ0v) is 9.48. The lowest BCUT2D eigenvalue weighted by Crippen LogP contribution is -1.92. The van der Waals surface area contributed by atoms with E-state index < -0.39 is 10.9 Å². The van der Waals surface area contributed by atoms with Gasteiger partial charge >= 0.3 is 11.7 Å². The largest absolute Gasteiger partial charge is 0.490 e. The molecule has 2 rings (SSSR count). The average molecular weight is 253 g/mol. The molecule has 0 bridgehead atoms. The smallest absolute Gasteiger partial charge is 0.345 e. The van der Waals surface area contributed by atoms with Gasteiger partial charge in [0.15, 0.2) is 5.75 Å². The molecule has 2 aromatic rings. The molecule has 0 saturated carbocycles. The van der Waals surface area contributed by atoms with Crippen molar-refractivity contribution in [3.8, 4) is 5.75 Å². The molecule has 0 atom stereocenters. The third-order valence-electron chi connectivity index (χ3n) is 2.23. The van der Waals surface area contributed by atoms with E-state index in [4.69, 9.17) is 9.84 Å². The summed E-state index contributed by atoms with van der Waals surface area (Å²) in [5.74, 6) is -0.922. The zero-order chi connectivity index (χ0) is 12.6. The number of carboxylic acids is 1. The SMILES string of the molecule is COc1cc2sc(C(=O)O)cc2cc1[N+](=O)[O-]. The van der Waals surface area contributed by atoms with Gasteiger partial charge in [-0.05, 0) is 6.07 Å². The number of hydrogen-bond acceptors (Lipinski definition) is 5. The van der Waals surface area contributed by atoms with Gasteiger partial charge in [0, 0.05) is 22.2 Å². The summed E-state index contributed by atoms with van der Waals surface area (Å²) in [6, 6.07) is 4.20. The van der Waals surface area contributed by atoms with Crippen LogP contribution >= 0.6 is 11.3 Å². The number of ether oxygens (including phenoxy) is 1. The summed E-state index contributed by atoms with van der Waals surface area (Å²) < 4.78 is 5.55. The molecular formula is C10H7NO5S. The van der Waals surface area contributed by atoms with Gasteiger partial charge in [-0.2, -0.15) is 0 Å². The van der Waals surface area contributed by atoms with Crippen molar-refractivity contribution in [1.29, 1.82) is 0 Å². The Morgan fingerprint density at radius 3 is 2.71 bits per heavy atom. The number of thiophene rings is 1. The first-order valence-corrected chi connectivity index (χ1v) is 5.34. The van der Waals surface area contributed by atoms with Gasteiger partial charge in [-0.1, -0.05) is 0 Å². The lowest BCUT2D eigenvalue weighted by Gasteiger charge is -2.00. The van der Waals surface area contributed by atoms with Crippen LogP contribution in [0, 0.1) is 10.1 Å². The minimum atomic E-state index is -1.05. The summed E-state index contributed by atoms with van der Waals surface area (Å²) in [6.07, 6.45) is 0. The highest BCUT2D eigenvalue weighted by Gasteiger charge is 2.18. The fourth-order valence-corrected chi connectivity index (χ4v) is 2.38. The number of nitro groups is 1. The van der Waals surface area contributed by atoms with E-state index in [-0.39, 0.29) is 16.3 Å². The van der Waals surface area contributed by atoms with Crippen LogP contribution in [0.2, 0.25) is 0 Å². The van der Waals surface area contributed by atoms with E-state index in [1.165, 1.54) is 25.3 Å². The second-order valence-corrected chi connectivity index (χ2v) is 4.32. The highest BCUT2D eigenvalue weighted by molar-refractivity contribution is 7.20. The van der Waals surface area contributed by atoms with Crippen molar-refractivity contribution >= 4 is 33.1 Å². The van der Waals surface area contributed by atoms with Crippen molar-refractivity contribution in [2.45, 2.75) is 0 Å². The minimum Gasteiger partial charge on any atom is -0.490 e. The number of rotatable bonds is 3. The summed E-state index contributed by atoms with van der Waals surface area (Å²) in [7, 11) is 1.33. The van der Waals surface area contributed by atoms with Gasteiger partial charge in [0.1, 0.15) is 4.88 Å². The maximum Gasteiger partial charge on any atom is 0.345 e. The van der Waals surface area contributed by atoms with Gasteiger partial charge in [0.25, 0.3) is 0 Å². The van der Waals surface area contributed by atoms with Crippen LogP contribution < -0.4 is 4.74 Å². The summed E-state index contributed by atoms with van der Waals surface area (Å²) in [5.41, 5.74) is -0.172. The number of nitrogens with zero attached hydrogens (tertiary/aromatic N) is 1. The van der Waals surface area contributed by atoms with Crippen LogP contribution in [-0.2, 0) is 0 Å². The standard InChI is InChI=1S/C10H7NO5S/c1-16-7-4-8-5(2-6(7)11(14)15)3-9(17-8)10(12)13/h2-4H,1H3,(H,12,13). The second kappa shape index (κ2) is 4.02. The Morgan fingerprint density at radius 1 is 1.47 bits per heavy atom. The summed E-state index contributed by atoms with van der Waals surface area (Å²) in [5, 5.41) is 20.1. The Bertz CT molecular complexity index is 618. The van der Waals surface area contributed by atoms with Crippen LogP contribution in [0.4, 0.5) is 5.69 Å². The van der Waals surface area contributed by atoms with Crippen molar-refractivity contribution in [3.05, 3.63) is 33.2 Å². The molecule has 1 aromatic heterocycles. The molecule has 0 aliphatic rings. The Labute approximate surface area is 99.2 Å². The summed E-state index contributed by atoms with van der Waals surface area (Å²) in [6.45, 7) is 0. The van der Waals surface area contributed by atoms with Crippen LogP contribution in [0.3, 0.4) is 0 Å². The highest BCUT2D eigenvalue weighted by Crippen LogP contribution is 2.36. The van der Waals surface area contributed by atoms with Crippen molar-refractivity contribution in [1.82, 2.24) is 0 Å². The zero-order valence-electron chi connectivity index (χ0n) is 8.67. The topological polar surface area (TPSA) is 89.7 Å². The number of fused-ring (bicyclic) bond motifs is 1. The fourth-order valence-electron chi connectivity index (χ4n) is 1.47. The quantitative estimate of drug-likeness (QED) is 0.670. The van der Waals surface area contributed by atoms with E-state index >= 15 is 0 Å². The van der Waals surface area contributed by atoms with Crippen molar-refractivity contribution < 1.29 is 19.6 Å². The Balaban J connectivity index is 2.70. The third-order valence-corrected chi connectivity index (χ3v) is 3.31. The molecule has 0 fully saturated rings. The number of carboxylic acid groups (broad SMARTS) is 1. The number of hydrogen-bond donors (Lipinski definition) is 1. The van der Waals surface area contributed by atoms with Crippen molar-refractivity contribution in [3.63, 3.8) is 0 Å². The van der Waals surface area contributed by atoms with Crippen LogP contribution in [0.1, 0.15) is 9.67 Å². The Morgan fingerprint density at radius 2 is 2.18 bits per heavy atom. The normalized spacial score (nSPS) is 10.4. The molecule has 17 heavy (non-hydrogen) atoms. The van der Waals surface area contributed by atoms with Crippen LogP contribution in [0.25, 0.3) is 10.1 Å². The minimum absolute atomic E-state index is 0.126. The van der Waals surface area contributed by atoms with E-state index in [0.29, 0.717) is 10.1 Å². The lowest BCUT2D eigenvalue weighted by atomic mass is 10.2. The average Bonchev–Trinajstić information content (AvgIpc) is 2.69. The molecule has 0 aliphatic carbocycles.